The van der Waals surface area contributed by atoms with Gasteiger partial charge in [-0.25, -0.2) is 13.1 Å². The minimum absolute atomic E-state index is 0.0802. The number of aryl methyl sites for hydroxylation is 1. The van der Waals surface area contributed by atoms with Gasteiger partial charge in [0, 0.05) is 30.5 Å². The monoisotopic (exact) mass is 299 g/mol. The maximum absolute atomic E-state index is 11.1. The number of fused-ring (bicyclic) bond motifs is 1. The van der Waals surface area contributed by atoms with Crippen LogP contribution in [-0.4, -0.2) is 25.8 Å². The Bertz CT molecular complexity index is 602. The van der Waals surface area contributed by atoms with Gasteiger partial charge in [0.15, 0.2) is 0 Å². The van der Waals surface area contributed by atoms with E-state index in [4.69, 9.17) is 5.73 Å². The fraction of sp³-hybridized carbons (Fsp3) is 0.714. The Kier molecular flexibility index (Phi) is 4.01. The number of aromatic nitrogens is 1. The lowest BCUT2D eigenvalue weighted by molar-refractivity contribution is 0.275. The van der Waals surface area contributed by atoms with Crippen molar-refractivity contribution < 1.29 is 8.42 Å². The highest BCUT2D eigenvalue weighted by atomic mass is 32.2. The molecule has 0 bridgehead atoms. The Labute approximate surface area is 121 Å². The third-order valence-corrected chi connectivity index (χ3v) is 4.70. The first-order valence-electron chi connectivity index (χ1n) is 6.98. The predicted molar refractivity (Wildman–Crippen MR) is 81.0 cm³/mol. The molecule has 1 heterocycles. The van der Waals surface area contributed by atoms with Crippen LogP contribution in [0.3, 0.4) is 0 Å². The lowest BCUT2D eigenvalue weighted by atomic mass is 9.74. The molecular weight excluding hydrogens is 274 g/mol. The molecule has 0 aromatic carbocycles. The summed E-state index contributed by atoms with van der Waals surface area (Å²) < 4.78 is 27.0. The molecule has 0 amide bonds. The summed E-state index contributed by atoms with van der Waals surface area (Å²) in [5.74, 6) is 0. The van der Waals surface area contributed by atoms with Crippen LogP contribution in [0.1, 0.15) is 43.3 Å². The third-order valence-electron chi connectivity index (χ3n) is 3.97. The second kappa shape index (κ2) is 5.16. The zero-order valence-electron chi connectivity index (χ0n) is 12.7. The van der Waals surface area contributed by atoms with Crippen LogP contribution in [0.25, 0.3) is 0 Å². The van der Waals surface area contributed by atoms with Gasteiger partial charge in [-0.15, -0.1) is 0 Å². The summed E-state index contributed by atoms with van der Waals surface area (Å²) in [4.78, 5) is 0. The Morgan fingerprint density at radius 2 is 2.15 bits per heavy atom. The summed E-state index contributed by atoms with van der Waals surface area (Å²) in [7, 11) is -3.13. The molecule has 114 valence electrons. The van der Waals surface area contributed by atoms with E-state index >= 15 is 0 Å². The fourth-order valence-corrected chi connectivity index (χ4v) is 3.62. The van der Waals surface area contributed by atoms with Gasteiger partial charge in [-0.2, -0.15) is 0 Å². The Balaban J connectivity index is 2.23. The van der Waals surface area contributed by atoms with Crippen molar-refractivity contribution in [3.63, 3.8) is 0 Å². The number of rotatable bonds is 4. The van der Waals surface area contributed by atoms with Gasteiger partial charge in [0.1, 0.15) is 0 Å². The van der Waals surface area contributed by atoms with Crippen LogP contribution in [-0.2, 0) is 23.0 Å². The minimum Gasteiger partial charge on any atom is -0.347 e. The smallest absolute Gasteiger partial charge is 0.208 e. The van der Waals surface area contributed by atoms with Crippen LogP contribution in [0.5, 0.6) is 0 Å². The third kappa shape index (κ3) is 3.42. The molecule has 1 atom stereocenters. The number of sulfonamides is 1. The van der Waals surface area contributed by atoms with Gasteiger partial charge in [-0.05, 0) is 36.8 Å². The molecule has 1 aliphatic rings. The number of nitrogens with two attached hydrogens (primary N) is 1. The van der Waals surface area contributed by atoms with Crippen molar-refractivity contribution in [3.8, 4) is 0 Å². The molecule has 6 heteroatoms. The van der Waals surface area contributed by atoms with Crippen LogP contribution < -0.4 is 10.5 Å². The molecule has 0 radical (unpaired) electrons. The van der Waals surface area contributed by atoms with Crippen molar-refractivity contribution in [2.75, 3.05) is 12.8 Å². The van der Waals surface area contributed by atoms with Crippen LogP contribution in [0, 0.1) is 12.3 Å². The second-order valence-corrected chi connectivity index (χ2v) is 8.49. The van der Waals surface area contributed by atoms with Gasteiger partial charge in [-0.1, -0.05) is 13.8 Å². The number of hydrogen-bond donors (Lipinski definition) is 2. The maximum Gasteiger partial charge on any atom is 0.208 e. The average molecular weight is 299 g/mol. The van der Waals surface area contributed by atoms with Crippen LogP contribution in [0.15, 0.2) is 6.07 Å². The Morgan fingerprint density at radius 3 is 2.75 bits per heavy atom. The van der Waals surface area contributed by atoms with Gasteiger partial charge in [0.05, 0.1) is 6.26 Å². The SMILES string of the molecule is Cc1cc2c(n1CCNS(C)(=O)=O)CC(C)(C)CC2N. The lowest BCUT2D eigenvalue weighted by Crippen LogP contribution is -2.32. The van der Waals surface area contributed by atoms with Crippen LogP contribution in [0.4, 0.5) is 0 Å². The second-order valence-electron chi connectivity index (χ2n) is 6.66. The number of nitrogens with one attached hydrogen (secondary N) is 1. The number of hydrogen-bond acceptors (Lipinski definition) is 3. The summed E-state index contributed by atoms with van der Waals surface area (Å²) in [6, 6.07) is 2.23. The maximum atomic E-state index is 11.1. The van der Waals surface area contributed by atoms with Crippen molar-refractivity contribution in [2.24, 2.45) is 11.1 Å². The molecule has 2 rings (SSSR count). The zero-order valence-corrected chi connectivity index (χ0v) is 13.5. The molecule has 1 aromatic rings. The standard InChI is InChI=1S/C14H25N3O2S/c1-10-7-11-12(15)8-14(2,3)9-13(11)17(10)6-5-16-20(4,18)19/h7,12,16H,5-6,8-9,15H2,1-4H3. The molecular formula is C14H25N3O2S. The molecule has 0 saturated carbocycles. The van der Waals surface area contributed by atoms with Crippen molar-refractivity contribution in [2.45, 2.75) is 46.2 Å². The first kappa shape index (κ1) is 15.5. The summed E-state index contributed by atoms with van der Waals surface area (Å²) in [5, 5.41) is 0. The average Bonchev–Trinajstić information content (AvgIpc) is 2.54. The zero-order chi connectivity index (χ0) is 15.1. The van der Waals surface area contributed by atoms with Crippen molar-refractivity contribution in [1.29, 1.82) is 0 Å². The highest BCUT2D eigenvalue weighted by Gasteiger charge is 2.33. The first-order chi connectivity index (χ1) is 9.09. The highest BCUT2D eigenvalue weighted by molar-refractivity contribution is 7.88. The number of nitrogens with zero attached hydrogens (tertiary/aromatic N) is 1. The molecule has 5 nitrogen and oxygen atoms in total. The Hall–Kier alpha value is -0.850. The van der Waals surface area contributed by atoms with Crippen molar-refractivity contribution in [3.05, 3.63) is 23.0 Å². The molecule has 0 spiro atoms. The summed E-state index contributed by atoms with van der Waals surface area (Å²) in [6.07, 6.45) is 3.16. The van der Waals surface area contributed by atoms with Gasteiger partial charge < -0.3 is 10.3 Å². The summed E-state index contributed by atoms with van der Waals surface area (Å²) in [6.45, 7) is 7.58. The quantitative estimate of drug-likeness (QED) is 0.880. The van der Waals surface area contributed by atoms with Gasteiger partial charge in [0.2, 0.25) is 10.0 Å². The van der Waals surface area contributed by atoms with E-state index in [1.54, 1.807) is 0 Å². The largest absolute Gasteiger partial charge is 0.347 e. The Morgan fingerprint density at radius 1 is 1.50 bits per heavy atom. The molecule has 3 N–H and O–H groups in total. The summed E-state index contributed by atoms with van der Waals surface area (Å²) >= 11 is 0. The van der Waals surface area contributed by atoms with Gasteiger partial charge >= 0.3 is 0 Å². The predicted octanol–water partition coefficient (Wildman–Crippen LogP) is 1.32. The normalized spacial score (nSPS) is 21.8. The van der Waals surface area contributed by atoms with E-state index in [9.17, 15) is 8.42 Å². The van der Waals surface area contributed by atoms with E-state index in [0.717, 1.165) is 18.5 Å². The molecule has 1 aliphatic carbocycles. The van der Waals surface area contributed by atoms with Crippen LogP contribution in [0.2, 0.25) is 0 Å². The van der Waals surface area contributed by atoms with E-state index < -0.39 is 10.0 Å². The molecule has 1 aromatic heterocycles. The van der Waals surface area contributed by atoms with E-state index in [2.05, 4.69) is 36.1 Å². The molecule has 20 heavy (non-hydrogen) atoms. The van der Waals surface area contributed by atoms with Gasteiger partial charge in [0.25, 0.3) is 0 Å². The topological polar surface area (TPSA) is 77.1 Å². The van der Waals surface area contributed by atoms with E-state index in [1.165, 1.54) is 17.5 Å². The molecule has 0 aliphatic heterocycles. The van der Waals surface area contributed by atoms with Gasteiger partial charge in [-0.3, -0.25) is 0 Å². The minimum atomic E-state index is -3.13. The van der Waals surface area contributed by atoms with E-state index in [1.807, 2.05) is 0 Å². The fourth-order valence-electron chi connectivity index (χ4n) is 3.16. The van der Waals surface area contributed by atoms with Crippen molar-refractivity contribution in [1.82, 2.24) is 9.29 Å². The van der Waals surface area contributed by atoms with E-state index in [-0.39, 0.29) is 11.5 Å². The highest BCUT2D eigenvalue weighted by Crippen LogP contribution is 2.40. The van der Waals surface area contributed by atoms with E-state index in [0.29, 0.717) is 13.1 Å². The summed E-state index contributed by atoms with van der Waals surface area (Å²) in [5.41, 5.74) is 10.1. The molecule has 1 unspecified atom stereocenters. The van der Waals surface area contributed by atoms with Crippen molar-refractivity contribution >= 4 is 10.0 Å². The molecule has 0 saturated heterocycles. The first-order valence-corrected chi connectivity index (χ1v) is 8.87. The van der Waals surface area contributed by atoms with Crippen LogP contribution >= 0.6 is 0 Å². The molecule has 0 fully saturated rings. The lowest BCUT2D eigenvalue weighted by Gasteiger charge is -2.34.